The van der Waals surface area contributed by atoms with Crippen LogP contribution in [-0.4, -0.2) is 17.7 Å². The van der Waals surface area contributed by atoms with Gasteiger partial charge in [-0.3, -0.25) is 0 Å². The van der Waals surface area contributed by atoms with Crippen LogP contribution in [0.15, 0.2) is 34.9 Å². The number of aromatic nitrogens is 1. The smallest absolute Gasteiger partial charge is 0.360 e. The Balaban J connectivity index is 2.37. The lowest BCUT2D eigenvalue weighted by Gasteiger charge is -1.98. The fraction of sp³-hybridized carbons (Fsp3) is 0.231. The predicted octanol–water partition coefficient (Wildman–Crippen LogP) is 2.83. The summed E-state index contributed by atoms with van der Waals surface area (Å²) in [7, 11) is 0. The summed E-state index contributed by atoms with van der Waals surface area (Å²) in [6.07, 6.45) is 0. The zero-order valence-electron chi connectivity index (χ0n) is 9.77. The number of ether oxygens (including phenoxy) is 1. The van der Waals surface area contributed by atoms with E-state index in [1.807, 2.05) is 30.3 Å². The van der Waals surface area contributed by atoms with Crippen molar-refractivity contribution in [1.82, 2.24) is 5.16 Å². The predicted molar refractivity (Wildman–Crippen MR) is 62.6 cm³/mol. The van der Waals surface area contributed by atoms with Gasteiger partial charge in [-0.05, 0) is 13.8 Å². The number of carbonyl (C=O) groups excluding carboxylic acids is 1. The first kappa shape index (κ1) is 11.4. The molecule has 1 aromatic carbocycles. The Hall–Kier alpha value is -2.10. The van der Waals surface area contributed by atoms with Gasteiger partial charge in [-0.25, -0.2) is 4.79 Å². The van der Waals surface area contributed by atoms with Crippen LogP contribution in [0.5, 0.6) is 0 Å². The lowest BCUT2D eigenvalue weighted by atomic mass is 10.1. The molecule has 1 aromatic heterocycles. The van der Waals surface area contributed by atoms with Crippen LogP contribution in [0.4, 0.5) is 0 Å². The van der Waals surface area contributed by atoms with Crippen LogP contribution in [0.3, 0.4) is 0 Å². The maximum atomic E-state index is 11.6. The Morgan fingerprint density at radius 2 is 2.06 bits per heavy atom. The highest BCUT2D eigenvalue weighted by atomic mass is 16.5. The molecular weight excluding hydrogens is 218 g/mol. The topological polar surface area (TPSA) is 52.3 Å². The second kappa shape index (κ2) is 4.82. The van der Waals surface area contributed by atoms with Crippen LogP contribution in [0, 0.1) is 6.92 Å². The summed E-state index contributed by atoms with van der Waals surface area (Å²) in [5.41, 5.74) is 1.84. The number of hydrogen-bond donors (Lipinski definition) is 0. The Morgan fingerprint density at radius 3 is 2.71 bits per heavy atom. The van der Waals surface area contributed by atoms with Gasteiger partial charge in [-0.15, -0.1) is 0 Å². The monoisotopic (exact) mass is 231 g/mol. The van der Waals surface area contributed by atoms with Crippen molar-refractivity contribution >= 4 is 5.97 Å². The van der Waals surface area contributed by atoms with Gasteiger partial charge in [0.15, 0.2) is 11.5 Å². The Bertz CT molecular complexity index is 517. The van der Waals surface area contributed by atoms with E-state index in [9.17, 15) is 4.79 Å². The zero-order chi connectivity index (χ0) is 12.3. The molecule has 1 heterocycles. The highest BCUT2D eigenvalue weighted by Crippen LogP contribution is 2.25. The first-order chi connectivity index (χ1) is 8.24. The summed E-state index contributed by atoms with van der Waals surface area (Å²) >= 11 is 0. The first-order valence-electron chi connectivity index (χ1n) is 5.43. The lowest BCUT2D eigenvalue weighted by molar-refractivity contribution is 0.0514. The van der Waals surface area contributed by atoms with Gasteiger partial charge in [0.1, 0.15) is 0 Å². The molecule has 2 aromatic rings. The minimum atomic E-state index is -0.448. The fourth-order valence-electron chi connectivity index (χ4n) is 1.58. The molecule has 0 saturated heterocycles. The van der Waals surface area contributed by atoms with Crippen molar-refractivity contribution in [1.29, 1.82) is 0 Å². The molecule has 4 nitrogen and oxygen atoms in total. The van der Waals surface area contributed by atoms with Crippen LogP contribution in [0.25, 0.3) is 11.3 Å². The molecule has 17 heavy (non-hydrogen) atoms. The number of esters is 1. The standard InChI is InChI=1S/C13H13NO3/c1-3-16-13(15)11-9(2)12(17-14-11)10-7-5-4-6-8-10/h4-8H,3H2,1-2H3. The van der Waals surface area contributed by atoms with E-state index in [1.54, 1.807) is 13.8 Å². The van der Waals surface area contributed by atoms with E-state index in [0.29, 0.717) is 17.9 Å². The molecule has 0 saturated carbocycles. The number of benzene rings is 1. The third-order valence-electron chi connectivity index (χ3n) is 2.43. The van der Waals surface area contributed by atoms with Gasteiger partial charge in [0.05, 0.1) is 6.61 Å². The second-order valence-corrected chi connectivity index (χ2v) is 3.57. The summed E-state index contributed by atoms with van der Waals surface area (Å²) in [5.74, 6) is 0.157. The summed E-state index contributed by atoms with van der Waals surface area (Å²) < 4.78 is 10.1. The largest absolute Gasteiger partial charge is 0.461 e. The van der Waals surface area contributed by atoms with Gasteiger partial charge >= 0.3 is 5.97 Å². The maximum Gasteiger partial charge on any atom is 0.360 e. The van der Waals surface area contributed by atoms with Crippen LogP contribution in [0.2, 0.25) is 0 Å². The van der Waals surface area contributed by atoms with E-state index in [-0.39, 0.29) is 5.69 Å². The molecule has 0 fully saturated rings. The van der Waals surface area contributed by atoms with E-state index in [4.69, 9.17) is 9.26 Å². The molecule has 0 unspecified atom stereocenters. The Kier molecular flexibility index (Phi) is 3.23. The van der Waals surface area contributed by atoms with Crippen molar-refractivity contribution in [3.05, 3.63) is 41.6 Å². The van der Waals surface area contributed by atoms with Gasteiger partial charge in [0.2, 0.25) is 0 Å². The van der Waals surface area contributed by atoms with E-state index in [2.05, 4.69) is 5.16 Å². The minimum Gasteiger partial charge on any atom is -0.461 e. The zero-order valence-corrected chi connectivity index (χ0v) is 9.77. The van der Waals surface area contributed by atoms with Crippen molar-refractivity contribution in [2.45, 2.75) is 13.8 Å². The Morgan fingerprint density at radius 1 is 1.35 bits per heavy atom. The summed E-state index contributed by atoms with van der Waals surface area (Å²) in [6.45, 7) is 3.88. The van der Waals surface area contributed by atoms with Crippen molar-refractivity contribution in [3.8, 4) is 11.3 Å². The van der Waals surface area contributed by atoms with Crippen molar-refractivity contribution < 1.29 is 14.1 Å². The van der Waals surface area contributed by atoms with Gasteiger partial charge in [0, 0.05) is 11.1 Å². The molecule has 88 valence electrons. The van der Waals surface area contributed by atoms with E-state index < -0.39 is 5.97 Å². The molecule has 0 N–H and O–H groups in total. The molecule has 4 heteroatoms. The van der Waals surface area contributed by atoms with Crippen molar-refractivity contribution in [2.24, 2.45) is 0 Å². The fourth-order valence-corrected chi connectivity index (χ4v) is 1.58. The number of carbonyl (C=O) groups is 1. The molecule has 0 spiro atoms. The SMILES string of the molecule is CCOC(=O)c1noc(-c2ccccc2)c1C. The molecule has 2 rings (SSSR count). The average Bonchev–Trinajstić information content (AvgIpc) is 2.72. The van der Waals surface area contributed by atoms with E-state index in [1.165, 1.54) is 0 Å². The number of rotatable bonds is 3. The van der Waals surface area contributed by atoms with Crippen molar-refractivity contribution in [2.75, 3.05) is 6.61 Å². The summed E-state index contributed by atoms with van der Waals surface area (Å²) in [6, 6.07) is 9.54. The molecule has 0 bridgehead atoms. The second-order valence-electron chi connectivity index (χ2n) is 3.57. The third kappa shape index (κ3) is 2.20. The molecular formula is C13H13NO3. The summed E-state index contributed by atoms with van der Waals surface area (Å²) in [4.78, 5) is 11.6. The normalized spacial score (nSPS) is 10.2. The quantitative estimate of drug-likeness (QED) is 0.762. The van der Waals surface area contributed by atoms with Crippen LogP contribution >= 0.6 is 0 Å². The van der Waals surface area contributed by atoms with E-state index >= 15 is 0 Å². The van der Waals surface area contributed by atoms with Gasteiger partial charge in [0.25, 0.3) is 0 Å². The number of nitrogens with zero attached hydrogens (tertiary/aromatic N) is 1. The first-order valence-corrected chi connectivity index (χ1v) is 5.43. The Labute approximate surface area is 99.2 Å². The number of hydrogen-bond acceptors (Lipinski definition) is 4. The van der Waals surface area contributed by atoms with Crippen LogP contribution in [0.1, 0.15) is 23.0 Å². The van der Waals surface area contributed by atoms with Gasteiger partial charge < -0.3 is 9.26 Å². The molecule has 0 amide bonds. The molecule has 0 atom stereocenters. The van der Waals surface area contributed by atoms with Crippen LogP contribution in [-0.2, 0) is 4.74 Å². The average molecular weight is 231 g/mol. The molecule has 0 aliphatic carbocycles. The van der Waals surface area contributed by atoms with Crippen LogP contribution < -0.4 is 0 Å². The molecule has 0 aliphatic heterocycles. The van der Waals surface area contributed by atoms with Crippen molar-refractivity contribution in [3.63, 3.8) is 0 Å². The van der Waals surface area contributed by atoms with E-state index in [0.717, 1.165) is 5.56 Å². The maximum absolute atomic E-state index is 11.6. The highest BCUT2D eigenvalue weighted by Gasteiger charge is 2.20. The van der Waals surface area contributed by atoms with Gasteiger partial charge in [-0.1, -0.05) is 35.5 Å². The molecule has 0 aliphatic rings. The lowest BCUT2D eigenvalue weighted by Crippen LogP contribution is -2.06. The minimum absolute atomic E-state index is 0.241. The summed E-state index contributed by atoms with van der Waals surface area (Å²) in [5, 5.41) is 3.76. The molecule has 0 radical (unpaired) electrons. The highest BCUT2D eigenvalue weighted by molar-refractivity contribution is 5.90. The third-order valence-corrected chi connectivity index (χ3v) is 2.43. The van der Waals surface area contributed by atoms with Gasteiger partial charge in [-0.2, -0.15) is 0 Å².